The highest BCUT2D eigenvalue weighted by molar-refractivity contribution is 14.0. The molecule has 27 heavy (non-hydrogen) atoms. The number of carbonyl (C=O) groups excluding carboxylic acids is 1. The van der Waals surface area contributed by atoms with Gasteiger partial charge in [-0.25, -0.2) is 9.79 Å². The van der Waals surface area contributed by atoms with Gasteiger partial charge in [0.25, 0.3) is 0 Å². The van der Waals surface area contributed by atoms with Gasteiger partial charge in [0.1, 0.15) is 23.6 Å². The third kappa shape index (κ3) is 7.42. The zero-order valence-corrected chi connectivity index (χ0v) is 18.8. The van der Waals surface area contributed by atoms with E-state index in [0.29, 0.717) is 29.6 Å². The van der Waals surface area contributed by atoms with Crippen molar-refractivity contribution in [1.82, 2.24) is 10.6 Å². The molecule has 1 heterocycles. The first-order chi connectivity index (χ1) is 12.5. The van der Waals surface area contributed by atoms with E-state index in [0.717, 1.165) is 24.5 Å². The average molecular weight is 506 g/mol. The monoisotopic (exact) mass is 505 g/mol. The highest BCUT2D eigenvalue weighted by Gasteiger charge is 2.15. The van der Waals surface area contributed by atoms with Crippen molar-refractivity contribution in [3.05, 3.63) is 58.0 Å². The molecule has 8 heteroatoms. The smallest absolute Gasteiger partial charge is 0.341 e. The van der Waals surface area contributed by atoms with E-state index in [4.69, 9.17) is 20.8 Å². The molecule has 0 radical (unpaired) electrons. The Hall–Kier alpha value is -1.74. The van der Waals surface area contributed by atoms with E-state index in [1.165, 1.54) is 12.7 Å². The maximum Gasteiger partial charge on any atom is 0.341 e. The van der Waals surface area contributed by atoms with Crippen LogP contribution in [0.2, 0.25) is 5.02 Å². The summed E-state index contributed by atoms with van der Waals surface area (Å²) in [5.41, 5.74) is 1.63. The predicted octanol–water partition coefficient (Wildman–Crippen LogP) is 3.94. The number of hydrogen-bond donors (Lipinski definition) is 2. The first-order valence-corrected chi connectivity index (χ1v) is 8.85. The number of nitrogens with one attached hydrogen (secondary N) is 2. The Morgan fingerprint density at radius 2 is 1.96 bits per heavy atom. The number of furan rings is 1. The fraction of sp³-hybridized carbons (Fsp3) is 0.368. The second-order valence-electron chi connectivity index (χ2n) is 5.67. The lowest BCUT2D eigenvalue weighted by molar-refractivity contribution is 0.0599. The summed E-state index contributed by atoms with van der Waals surface area (Å²) in [5, 5.41) is 7.20. The lowest BCUT2D eigenvalue weighted by Crippen LogP contribution is -2.38. The topological polar surface area (TPSA) is 75.9 Å². The number of aryl methyl sites for hydroxylation is 1. The quantitative estimate of drug-likeness (QED) is 0.258. The molecule has 0 unspecified atom stereocenters. The number of esters is 1. The Morgan fingerprint density at radius 1 is 1.26 bits per heavy atom. The van der Waals surface area contributed by atoms with E-state index in [1.807, 2.05) is 31.2 Å². The van der Waals surface area contributed by atoms with Crippen LogP contribution in [-0.2, 0) is 17.7 Å². The summed E-state index contributed by atoms with van der Waals surface area (Å²) in [6.07, 6.45) is 0.855. The number of hydrogen-bond acceptors (Lipinski definition) is 4. The molecular formula is C19H25ClIN3O3. The molecule has 0 atom stereocenters. The molecule has 1 aromatic heterocycles. The van der Waals surface area contributed by atoms with Crippen molar-refractivity contribution >= 4 is 47.5 Å². The van der Waals surface area contributed by atoms with Gasteiger partial charge >= 0.3 is 5.97 Å². The van der Waals surface area contributed by atoms with E-state index in [9.17, 15) is 4.79 Å². The standard InChI is InChI=1S/C19H24ClN3O3.HI/c1-4-21-19(22-10-9-14-5-7-15(20)8-6-14)23-12-16-11-17(13(2)26-16)18(24)25-3;/h5-8,11H,4,9-10,12H2,1-3H3,(H2,21,22,23);1H. The molecule has 0 amide bonds. The molecule has 0 saturated heterocycles. The molecule has 2 rings (SSSR count). The molecule has 0 bridgehead atoms. The number of carbonyl (C=O) groups is 1. The second kappa shape index (κ2) is 11.9. The molecule has 6 nitrogen and oxygen atoms in total. The largest absolute Gasteiger partial charge is 0.465 e. The minimum absolute atomic E-state index is 0. The van der Waals surface area contributed by atoms with Crippen LogP contribution in [0.15, 0.2) is 39.7 Å². The van der Waals surface area contributed by atoms with Crippen molar-refractivity contribution in [2.45, 2.75) is 26.8 Å². The third-order valence-corrected chi connectivity index (χ3v) is 3.98. The maximum atomic E-state index is 11.6. The Labute approximate surface area is 181 Å². The summed E-state index contributed by atoms with van der Waals surface area (Å²) in [6, 6.07) is 9.45. The number of ether oxygens (including phenoxy) is 1. The van der Waals surface area contributed by atoms with E-state index >= 15 is 0 Å². The molecule has 0 saturated carbocycles. The highest BCUT2D eigenvalue weighted by atomic mass is 127. The number of guanidine groups is 1. The van der Waals surface area contributed by atoms with Crippen molar-refractivity contribution in [2.75, 3.05) is 20.2 Å². The molecule has 0 aliphatic carbocycles. The molecule has 2 aromatic rings. The third-order valence-electron chi connectivity index (χ3n) is 3.73. The maximum absolute atomic E-state index is 11.6. The van der Waals surface area contributed by atoms with Gasteiger partial charge in [-0.2, -0.15) is 0 Å². The van der Waals surface area contributed by atoms with Crippen LogP contribution in [0.5, 0.6) is 0 Å². The summed E-state index contributed by atoms with van der Waals surface area (Å²) >= 11 is 5.90. The van der Waals surface area contributed by atoms with Crippen LogP contribution in [0.4, 0.5) is 0 Å². The molecule has 1 aromatic carbocycles. The molecular weight excluding hydrogens is 481 g/mol. The first kappa shape index (κ1) is 23.3. The zero-order valence-electron chi connectivity index (χ0n) is 15.7. The minimum atomic E-state index is -0.408. The van der Waals surface area contributed by atoms with Crippen LogP contribution in [0.1, 0.15) is 34.4 Å². The summed E-state index contributed by atoms with van der Waals surface area (Å²) in [6.45, 7) is 5.54. The summed E-state index contributed by atoms with van der Waals surface area (Å²) in [7, 11) is 1.35. The number of aliphatic imine (C=N–C) groups is 1. The number of nitrogens with zero attached hydrogens (tertiary/aromatic N) is 1. The first-order valence-electron chi connectivity index (χ1n) is 8.47. The van der Waals surface area contributed by atoms with E-state index in [2.05, 4.69) is 15.6 Å². The van der Waals surface area contributed by atoms with Crippen LogP contribution in [0, 0.1) is 6.92 Å². The lowest BCUT2D eigenvalue weighted by Gasteiger charge is -2.11. The molecule has 148 valence electrons. The summed E-state index contributed by atoms with van der Waals surface area (Å²) < 4.78 is 10.3. The van der Waals surface area contributed by atoms with E-state index < -0.39 is 5.97 Å². The normalized spacial score (nSPS) is 10.9. The van der Waals surface area contributed by atoms with Gasteiger partial charge in [-0.3, -0.25) is 0 Å². The average Bonchev–Trinajstić information content (AvgIpc) is 3.01. The SMILES string of the molecule is CCNC(=NCc1cc(C(=O)OC)c(C)o1)NCCc1ccc(Cl)cc1.I. The predicted molar refractivity (Wildman–Crippen MR) is 118 cm³/mol. The summed E-state index contributed by atoms with van der Waals surface area (Å²) in [5.74, 6) is 1.42. The Morgan fingerprint density at radius 3 is 2.59 bits per heavy atom. The fourth-order valence-corrected chi connectivity index (χ4v) is 2.54. The van der Waals surface area contributed by atoms with Gasteiger partial charge in [-0.05, 0) is 44.0 Å². The number of rotatable bonds is 7. The van der Waals surface area contributed by atoms with Gasteiger partial charge in [-0.1, -0.05) is 23.7 Å². The molecule has 0 aliphatic heterocycles. The molecule has 0 fully saturated rings. The van der Waals surface area contributed by atoms with Crippen LogP contribution in [-0.4, -0.2) is 32.1 Å². The van der Waals surface area contributed by atoms with Crippen molar-refractivity contribution in [3.63, 3.8) is 0 Å². The number of methoxy groups -OCH3 is 1. The minimum Gasteiger partial charge on any atom is -0.465 e. The molecule has 0 aliphatic rings. The van der Waals surface area contributed by atoms with Crippen LogP contribution < -0.4 is 10.6 Å². The van der Waals surface area contributed by atoms with Crippen molar-refractivity contribution in [2.24, 2.45) is 4.99 Å². The molecule has 0 spiro atoms. The number of halogens is 2. The van der Waals surface area contributed by atoms with E-state index in [1.54, 1.807) is 13.0 Å². The van der Waals surface area contributed by atoms with Gasteiger partial charge in [0, 0.05) is 18.1 Å². The molecule has 2 N–H and O–H groups in total. The van der Waals surface area contributed by atoms with Gasteiger partial charge in [0.2, 0.25) is 0 Å². The van der Waals surface area contributed by atoms with Crippen molar-refractivity contribution in [3.8, 4) is 0 Å². The van der Waals surface area contributed by atoms with Gasteiger partial charge in [0.15, 0.2) is 5.96 Å². The Bertz CT molecular complexity index is 760. The van der Waals surface area contributed by atoms with E-state index in [-0.39, 0.29) is 24.0 Å². The van der Waals surface area contributed by atoms with Crippen LogP contribution >= 0.6 is 35.6 Å². The summed E-state index contributed by atoms with van der Waals surface area (Å²) in [4.78, 5) is 16.1. The van der Waals surface area contributed by atoms with Gasteiger partial charge < -0.3 is 19.8 Å². The zero-order chi connectivity index (χ0) is 18.9. The Kier molecular flexibility index (Phi) is 10.2. The van der Waals surface area contributed by atoms with Gasteiger partial charge in [-0.15, -0.1) is 24.0 Å². The van der Waals surface area contributed by atoms with Crippen LogP contribution in [0.25, 0.3) is 0 Å². The Balaban J connectivity index is 0.00000364. The van der Waals surface area contributed by atoms with Gasteiger partial charge in [0.05, 0.1) is 7.11 Å². The number of benzene rings is 1. The van der Waals surface area contributed by atoms with Crippen LogP contribution in [0.3, 0.4) is 0 Å². The fourth-order valence-electron chi connectivity index (χ4n) is 2.41. The second-order valence-corrected chi connectivity index (χ2v) is 6.11. The van der Waals surface area contributed by atoms with Crippen molar-refractivity contribution < 1.29 is 13.9 Å². The highest BCUT2D eigenvalue weighted by Crippen LogP contribution is 2.16. The lowest BCUT2D eigenvalue weighted by atomic mass is 10.1. The van der Waals surface area contributed by atoms with Crippen molar-refractivity contribution in [1.29, 1.82) is 0 Å².